The maximum absolute atomic E-state index is 12.5. The first-order valence-corrected chi connectivity index (χ1v) is 5.53. The monoisotopic (exact) mass is 268 g/mol. The van der Waals surface area contributed by atoms with Gasteiger partial charge in [-0.05, 0) is 30.7 Å². The van der Waals surface area contributed by atoms with E-state index in [9.17, 15) is 13.2 Å². The molecule has 0 radical (unpaired) electrons. The molecule has 100 valence electrons. The van der Waals surface area contributed by atoms with Gasteiger partial charge in [0, 0.05) is 18.6 Å². The van der Waals surface area contributed by atoms with Gasteiger partial charge < -0.3 is 5.32 Å². The zero-order chi connectivity index (χ0) is 13.9. The van der Waals surface area contributed by atoms with Crippen molar-refractivity contribution in [2.75, 3.05) is 5.32 Å². The van der Waals surface area contributed by atoms with E-state index < -0.39 is 11.9 Å². The molecule has 0 amide bonds. The minimum Gasteiger partial charge on any atom is -0.348 e. The fourth-order valence-corrected chi connectivity index (χ4v) is 1.52. The minimum absolute atomic E-state index is 0.0564. The Labute approximate surface area is 107 Å². The molecular weight excluding hydrogens is 257 g/mol. The summed E-state index contributed by atoms with van der Waals surface area (Å²) in [5, 5.41) is 2.82. The third kappa shape index (κ3) is 3.40. The summed E-state index contributed by atoms with van der Waals surface area (Å²) >= 11 is 0. The highest BCUT2D eigenvalue weighted by Crippen LogP contribution is 2.28. The lowest BCUT2D eigenvalue weighted by molar-refractivity contribution is -0.141. The van der Waals surface area contributed by atoms with Crippen LogP contribution in [0.5, 0.6) is 0 Å². The van der Waals surface area contributed by atoms with E-state index in [4.69, 9.17) is 0 Å². The molecule has 0 fully saturated rings. The first-order valence-electron chi connectivity index (χ1n) is 5.53. The Kier molecular flexibility index (Phi) is 3.64. The van der Waals surface area contributed by atoms with Crippen molar-refractivity contribution in [2.24, 2.45) is 0 Å². The number of aromatic nitrogens is 3. The SMILES string of the molecule is CC(Nc1nccc(C(F)(F)F)n1)c1ccncc1. The molecule has 0 aliphatic carbocycles. The summed E-state index contributed by atoms with van der Waals surface area (Å²) in [5.74, 6) is -0.0564. The molecule has 7 heteroatoms. The van der Waals surface area contributed by atoms with E-state index in [0.717, 1.165) is 17.8 Å². The first-order chi connectivity index (χ1) is 8.97. The van der Waals surface area contributed by atoms with E-state index >= 15 is 0 Å². The van der Waals surface area contributed by atoms with Crippen molar-refractivity contribution in [3.8, 4) is 0 Å². The summed E-state index contributed by atoms with van der Waals surface area (Å²) in [7, 11) is 0. The summed E-state index contributed by atoms with van der Waals surface area (Å²) in [6, 6.07) is 4.16. The largest absolute Gasteiger partial charge is 0.433 e. The van der Waals surface area contributed by atoms with Gasteiger partial charge in [0.05, 0.1) is 6.04 Å². The molecule has 4 nitrogen and oxygen atoms in total. The zero-order valence-electron chi connectivity index (χ0n) is 10.0. The molecule has 1 atom stereocenters. The lowest BCUT2D eigenvalue weighted by atomic mass is 10.1. The van der Waals surface area contributed by atoms with Crippen LogP contribution in [0.4, 0.5) is 19.1 Å². The van der Waals surface area contributed by atoms with Crippen molar-refractivity contribution in [1.82, 2.24) is 15.0 Å². The quantitative estimate of drug-likeness (QED) is 0.929. The number of hydrogen-bond acceptors (Lipinski definition) is 4. The van der Waals surface area contributed by atoms with Gasteiger partial charge in [0.2, 0.25) is 5.95 Å². The molecule has 2 heterocycles. The number of alkyl halides is 3. The molecule has 1 N–H and O–H groups in total. The first kappa shape index (κ1) is 13.3. The van der Waals surface area contributed by atoms with Crippen LogP contribution in [0.25, 0.3) is 0 Å². The smallest absolute Gasteiger partial charge is 0.348 e. The standard InChI is InChI=1S/C12H11F3N4/c1-8(9-2-5-16-6-3-9)18-11-17-7-4-10(19-11)12(13,14)15/h2-8H,1H3,(H,17,18,19). The van der Waals surface area contributed by atoms with Crippen molar-refractivity contribution >= 4 is 5.95 Å². The van der Waals surface area contributed by atoms with Gasteiger partial charge in [-0.2, -0.15) is 13.2 Å². The van der Waals surface area contributed by atoms with Crippen LogP contribution in [0.3, 0.4) is 0 Å². The Morgan fingerprint density at radius 2 is 1.79 bits per heavy atom. The van der Waals surface area contributed by atoms with Crippen LogP contribution >= 0.6 is 0 Å². The maximum atomic E-state index is 12.5. The molecule has 0 aromatic carbocycles. The molecule has 1 unspecified atom stereocenters. The Morgan fingerprint density at radius 1 is 1.11 bits per heavy atom. The normalized spacial score (nSPS) is 13.1. The predicted octanol–water partition coefficient (Wildman–Crippen LogP) is 3.06. The van der Waals surface area contributed by atoms with Crippen LogP contribution in [0.2, 0.25) is 0 Å². The average molecular weight is 268 g/mol. The second-order valence-electron chi connectivity index (χ2n) is 3.91. The fourth-order valence-electron chi connectivity index (χ4n) is 1.52. The number of halogens is 3. The second-order valence-corrected chi connectivity index (χ2v) is 3.91. The third-order valence-electron chi connectivity index (χ3n) is 2.50. The number of nitrogens with zero attached hydrogens (tertiary/aromatic N) is 3. The van der Waals surface area contributed by atoms with Gasteiger partial charge in [-0.15, -0.1) is 0 Å². The molecule has 2 rings (SSSR count). The van der Waals surface area contributed by atoms with Crippen molar-refractivity contribution < 1.29 is 13.2 Å². The zero-order valence-corrected chi connectivity index (χ0v) is 10.0. The Bertz CT molecular complexity index is 542. The van der Waals surface area contributed by atoms with Crippen LogP contribution in [0.1, 0.15) is 24.2 Å². The van der Waals surface area contributed by atoms with E-state index in [1.807, 2.05) is 0 Å². The van der Waals surface area contributed by atoms with Gasteiger partial charge in [-0.25, -0.2) is 9.97 Å². The van der Waals surface area contributed by atoms with Gasteiger partial charge >= 0.3 is 6.18 Å². The molecule has 0 bridgehead atoms. The van der Waals surface area contributed by atoms with Crippen LogP contribution in [-0.4, -0.2) is 15.0 Å². The summed E-state index contributed by atoms with van der Waals surface area (Å²) in [4.78, 5) is 11.1. The molecule has 2 aromatic rings. The van der Waals surface area contributed by atoms with E-state index in [2.05, 4.69) is 20.3 Å². The lowest BCUT2D eigenvalue weighted by Crippen LogP contribution is -2.13. The van der Waals surface area contributed by atoms with Crippen LogP contribution in [-0.2, 0) is 6.18 Å². The molecule has 19 heavy (non-hydrogen) atoms. The second kappa shape index (κ2) is 5.21. The highest BCUT2D eigenvalue weighted by Gasteiger charge is 2.32. The van der Waals surface area contributed by atoms with E-state index in [0.29, 0.717) is 0 Å². The number of anilines is 1. The molecule has 2 aromatic heterocycles. The van der Waals surface area contributed by atoms with Crippen molar-refractivity contribution in [3.63, 3.8) is 0 Å². The molecule has 0 saturated heterocycles. The highest BCUT2D eigenvalue weighted by molar-refractivity contribution is 5.31. The van der Waals surface area contributed by atoms with Gasteiger partial charge in [-0.3, -0.25) is 4.98 Å². The Balaban J connectivity index is 2.16. The lowest BCUT2D eigenvalue weighted by Gasteiger charge is -2.14. The number of rotatable bonds is 3. The summed E-state index contributed by atoms with van der Waals surface area (Å²) in [6.45, 7) is 1.80. The van der Waals surface area contributed by atoms with Gasteiger partial charge in [0.15, 0.2) is 0 Å². The van der Waals surface area contributed by atoms with Crippen molar-refractivity contribution in [3.05, 3.63) is 48.0 Å². The van der Waals surface area contributed by atoms with E-state index in [-0.39, 0.29) is 12.0 Å². The van der Waals surface area contributed by atoms with Gasteiger partial charge in [0.25, 0.3) is 0 Å². The maximum Gasteiger partial charge on any atom is 0.433 e. The van der Waals surface area contributed by atoms with Crippen molar-refractivity contribution in [2.45, 2.75) is 19.1 Å². The average Bonchev–Trinajstić information content (AvgIpc) is 2.39. The Morgan fingerprint density at radius 3 is 2.42 bits per heavy atom. The number of pyridine rings is 1. The van der Waals surface area contributed by atoms with Gasteiger partial charge in [0.1, 0.15) is 5.69 Å². The van der Waals surface area contributed by atoms with Crippen LogP contribution in [0, 0.1) is 0 Å². The van der Waals surface area contributed by atoms with E-state index in [1.165, 1.54) is 0 Å². The highest BCUT2D eigenvalue weighted by atomic mass is 19.4. The molecule has 0 saturated carbocycles. The molecular formula is C12H11F3N4. The molecule has 0 spiro atoms. The number of hydrogen-bond donors (Lipinski definition) is 1. The van der Waals surface area contributed by atoms with Crippen LogP contribution < -0.4 is 5.32 Å². The number of nitrogens with one attached hydrogen (secondary N) is 1. The Hall–Kier alpha value is -2.18. The minimum atomic E-state index is -4.47. The molecule has 0 aliphatic rings. The van der Waals surface area contributed by atoms with Crippen LogP contribution in [0.15, 0.2) is 36.8 Å². The summed E-state index contributed by atoms with van der Waals surface area (Å²) in [5.41, 5.74) is -0.0806. The summed E-state index contributed by atoms with van der Waals surface area (Å²) < 4.78 is 37.5. The predicted molar refractivity (Wildman–Crippen MR) is 63.3 cm³/mol. The van der Waals surface area contributed by atoms with E-state index in [1.54, 1.807) is 31.5 Å². The molecule has 0 aliphatic heterocycles. The fraction of sp³-hybridized carbons (Fsp3) is 0.250. The van der Waals surface area contributed by atoms with Crippen molar-refractivity contribution in [1.29, 1.82) is 0 Å². The third-order valence-corrected chi connectivity index (χ3v) is 2.50. The van der Waals surface area contributed by atoms with Gasteiger partial charge in [-0.1, -0.05) is 0 Å². The summed E-state index contributed by atoms with van der Waals surface area (Å²) in [6.07, 6.45) is -0.169. The topological polar surface area (TPSA) is 50.7 Å².